The van der Waals surface area contributed by atoms with Gasteiger partial charge in [-0.25, -0.2) is 4.39 Å². The van der Waals surface area contributed by atoms with Gasteiger partial charge in [-0.1, -0.05) is 0 Å². The summed E-state index contributed by atoms with van der Waals surface area (Å²) in [5.41, 5.74) is 2.78. The number of fused-ring (bicyclic) bond motifs is 1. The second-order valence-electron chi connectivity index (χ2n) is 7.86. The molecule has 7 nitrogen and oxygen atoms in total. The summed E-state index contributed by atoms with van der Waals surface area (Å²) in [6, 6.07) is 10.6. The Morgan fingerprint density at radius 1 is 1.19 bits per heavy atom. The number of halogens is 1. The molecule has 2 aromatic carbocycles. The molecule has 0 bridgehead atoms. The number of rotatable bonds is 5. The lowest BCUT2D eigenvalue weighted by atomic mass is 10.1. The highest BCUT2D eigenvalue weighted by molar-refractivity contribution is 5.97. The lowest BCUT2D eigenvalue weighted by molar-refractivity contribution is -0.122. The van der Waals surface area contributed by atoms with Gasteiger partial charge in [-0.3, -0.25) is 14.5 Å². The van der Waals surface area contributed by atoms with Gasteiger partial charge in [0.05, 0.1) is 5.69 Å². The maximum absolute atomic E-state index is 14.6. The zero-order valence-corrected chi connectivity index (χ0v) is 17.8. The first-order valence-corrected chi connectivity index (χ1v) is 10.6. The van der Waals surface area contributed by atoms with E-state index in [1.807, 2.05) is 31.2 Å². The summed E-state index contributed by atoms with van der Waals surface area (Å²) in [5.74, 6) is -0.251. The third-order valence-electron chi connectivity index (χ3n) is 5.68. The second kappa shape index (κ2) is 8.93. The molecule has 8 heteroatoms. The number of ether oxygens (including phenoxy) is 1. The Kier molecular flexibility index (Phi) is 6.08. The number of anilines is 2. The van der Waals surface area contributed by atoms with Crippen molar-refractivity contribution in [1.29, 1.82) is 0 Å². The molecule has 2 amide bonds. The van der Waals surface area contributed by atoms with Gasteiger partial charge in [0.1, 0.15) is 11.6 Å². The Morgan fingerprint density at radius 2 is 1.90 bits per heavy atom. The summed E-state index contributed by atoms with van der Waals surface area (Å²) >= 11 is 0. The number of hydrogen-bond acceptors (Lipinski definition) is 5. The zero-order valence-electron chi connectivity index (χ0n) is 17.8. The summed E-state index contributed by atoms with van der Waals surface area (Å²) in [4.78, 5) is 28.2. The third-order valence-corrected chi connectivity index (χ3v) is 5.68. The molecular formula is C23H27FN4O3. The fourth-order valence-electron chi connectivity index (χ4n) is 3.89. The summed E-state index contributed by atoms with van der Waals surface area (Å²) in [5, 5.41) is 5.57. The minimum absolute atomic E-state index is 0.0676. The normalized spacial score (nSPS) is 18.7. The van der Waals surface area contributed by atoms with Gasteiger partial charge in [0.15, 0.2) is 6.10 Å². The van der Waals surface area contributed by atoms with Crippen LogP contribution in [0.1, 0.15) is 29.8 Å². The minimum Gasteiger partial charge on any atom is -0.479 e. The van der Waals surface area contributed by atoms with Crippen molar-refractivity contribution >= 4 is 23.2 Å². The quantitative estimate of drug-likeness (QED) is 0.769. The van der Waals surface area contributed by atoms with Crippen LogP contribution < -0.4 is 20.3 Å². The molecule has 2 aliphatic heterocycles. The van der Waals surface area contributed by atoms with Gasteiger partial charge in [0, 0.05) is 62.1 Å². The smallest absolute Gasteiger partial charge is 0.265 e. The standard InChI is InChI=1S/C23H27FN4O3/c1-3-25-23(30)16-4-6-18(7-5-16)28-10-8-27(9-11-28)14-17-12-20-21(13-19(17)24)31-15(2)22(29)26-20/h4-7,12-13,15H,3,8-11,14H2,1-2H3,(H,25,30)(H,26,29). The Hall–Kier alpha value is -3.13. The lowest BCUT2D eigenvalue weighted by Crippen LogP contribution is -2.46. The number of carbonyl (C=O) groups is 2. The molecule has 2 aromatic rings. The zero-order chi connectivity index (χ0) is 22.0. The van der Waals surface area contributed by atoms with Crippen molar-refractivity contribution in [1.82, 2.24) is 10.2 Å². The first-order valence-electron chi connectivity index (χ1n) is 10.6. The average Bonchev–Trinajstić information content (AvgIpc) is 2.77. The Morgan fingerprint density at radius 3 is 2.58 bits per heavy atom. The van der Waals surface area contributed by atoms with Crippen LogP contribution in [0.3, 0.4) is 0 Å². The molecule has 0 radical (unpaired) electrons. The number of nitrogens with zero attached hydrogens (tertiary/aromatic N) is 2. The Balaban J connectivity index is 1.36. The van der Waals surface area contributed by atoms with Gasteiger partial charge in [-0.05, 0) is 44.2 Å². The minimum atomic E-state index is -0.624. The van der Waals surface area contributed by atoms with Crippen LogP contribution in [0.2, 0.25) is 0 Å². The highest BCUT2D eigenvalue weighted by Crippen LogP contribution is 2.33. The van der Waals surface area contributed by atoms with Crippen molar-refractivity contribution in [2.24, 2.45) is 0 Å². The van der Waals surface area contributed by atoms with Crippen LogP contribution >= 0.6 is 0 Å². The lowest BCUT2D eigenvalue weighted by Gasteiger charge is -2.36. The van der Waals surface area contributed by atoms with Crippen LogP contribution in [-0.2, 0) is 11.3 Å². The Bertz CT molecular complexity index is 972. The van der Waals surface area contributed by atoms with Crippen LogP contribution in [0, 0.1) is 5.82 Å². The molecule has 4 rings (SSSR count). The molecule has 0 aliphatic carbocycles. The van der Waals surface area contributed by atoms with Crippen molar-refractivity contribution in [2.45, 2.75) is 26.5 Å². The van der Waals surface area contributed by atoms with Crippen LogP contribution in [0.15, 0.2) is 36.4 Å². The molecule has 2 N–H and O–H groups in total. The first kappa shape index (κ1) is 21.1. The van der Waals surface area contributed by atoms with Crippen LogP contribution in [-0.4, -0.2) is 55.5 Å². The molecule has 0 saturated carbocycles. The average molecular weight is 426 g/mol. The SMILES string of the molecule is CCNC(=O)c1ccc(N2CCN(Cc3cc4c(cc3F)OC(C)C(=O)N4)CC2)cc1. The van der Waals surface area contributed by atoms with Crippen molar-refractivity contribution in [3.63, 3.8) is 0 Å². The van der Waals surface area contributed by atoms with Gasteiger partial charge in [-0.15, -0.1) is 0 Å². The monoisotopic (exact) mass is 426 g/mol. The number of hydrogen-bond donors (Lipinski definition) is 2. The van der Waals surface area contributed by atoms with E-state index in [4.69, 9.17) is 4.74 Å². The summed E-state index contributed by atoms with van der Waals surface area (Å²) in [6.07, 6.45) is -0.624. The van der Waals surface area contributed by atoms with Crippen molar-refractivity contribution in [2.75, 3.05) is 42.9 Å². The number of piperazine rings is 1. The highest BCUT2D eigenvalue weighted by Gasteiger charge is 2.26. The molecule has 1 fully saturated rings. The molecule has 2 heterocycles. The van der Waals surface area contributed by atoms with E-state index < -0.39 is 6.10 Å². The fourth-order valence-corrected chi connectivity index (χ4v) is 3.89. The number of amides is 2. The molecule has 164 valence electrons. The van der Waals surface area contributed by atoms with E-state index in [-0.39, 0.29) is 17.6 Å². The molecule has 31 heavy (non-hydrogen) atoms. The summed E-state index contributed by atoms with van der Waals surface area (Å²) < 4.78 is 20.1. The summed E-state index contributed by atoms with van der Waals surface area (Å²) in [7, 11) is 0. The van der Waals surface area contributed by atoms with E-state index in [1.54, 1.807) is 13.0 Å². The van der Waals surface area contributed by atoms with Crippen molar-refractivity contribution in [3.05, 3.63) is 53.3 Å². The van der Waals surface area contributed by atoms with Crippen molar-refractivity contribution in [3.8, 4) is 5.75 Å². The maximum Gasteiger partial charge on any atom is 0.265 e. The van der Waals surface area contributed by atoms with Crippen LogP contribution in [0.5, 0.6) is 5.75 Å². The molecular weight excluding hydrogens is 399 g/mol. The van der Waals surface area contributed by atoms with Gasteiger partial charge in [0.25, 0.3) is 11.8 Å². The topological polar surface area (TPSA) is 73.9 Å². The second-order valence-corrected chi connectivity index (χ2v) is 7.86. The van der Waals surface area contributed by atoms with E-state index >= 15 is 0 Å². The fraction of sp³-hybridized carbons (Fsp3) is 0.391. The van der Waals surface area contributed by atoms with Gasteiger partial charge in [0.2, 0.25) is 0 Å². The molecule has 1 unspecified atom stereocenters. The molecule has 0 aromatic heterocycles. The van der Waals surface area contributed by atoms with Crippen LogP contribution in [0.25, 0.3) is 0 Å². The predicted molar refractivity (Wildman–Crippen MR) is 117 cm³/mol. The van der Waals surface area contributed by atoms with E-state index in [2.05, 4.69) is 20.4 Å². The van der Waals surface area contributed by atoms with Gasteiger partial charge < -0.3 is 20.3 Å². The number of carbonyl (C=O) groups excluding carboxylic acids is 2. The van der Waals surface area contributed by atoms with E-state index in [9.17, 15) is 14.0 Å². The molecule has 2 aliphatic rings. The first-order chi connectivity index (χ1) is 14.9. The summed E-state index contributed by atoms with van der Waals surface area (Å²) in [6.45, 7) is 7.79. The molecule has 1 saturated heterocycles. The van der Waals surface area contributed by atoms with Crippen molar-refractivity contribution < 1.29 is 18.7 Å². The largest absolute Gasteiger partial charge is 0.479 e. The van der Waals surface area contributed by atoms with Gasteiger partial charge >= 0.3 is 0 Å². The maximum atomic E-state index is 14.6. The number of benzene rings is 2. The van der Waals surface area contributed by atoms with E-state index in [0.29, 0.717) is 35.7 Å². The van der Waals surface area contributed by atoms with Gasteiger partial charge in [-0.2, -0.15) is 0 Å². The van der Waals surface area contributed by atoms with Crippen LogP contribution in [0.4, 0.5) is 15.8 Å². The number of nitrogens with one attached hydrogen (secondary N) is 2. The molecule has 1 atom stereocenters. The molecule has 0 spiro atoms. The van der Waals surface area contributed by atoms with E-state index in [0.717, 1.165) is 31.9 Å². The Labute approximate surface area is 181 Å². The van der Waals surface area contributed by atoms with E-state index in [1.165, 1.54) is 6.07 Å². The predicted octanol–water partition coefficient (Wildman–Crippen LogP) is 2.62. The third kappa shape index (κ3) is 4.64. The highest BCUT2D eigenvalue weighted by atomic mass is 19.1.